The highest BCUT2D eigenvalue weighted by atomic mass is 32.2. The van der Waals surface area contributed by atoms with Gasteiger partial charge in [0.25, 0.3) is 5.69 Å². The minimum atomic E-state index is -3.57. The highest BCUT2D eigenvalue weighted by Crippen LogP contribution is 2.25. The van der Waals surface area contributed by atoms with Crippen LogP contribution in [0, 0.1) is 10.1 Å². The van der Waals surface area contributed by atoms with Crippen molar-refractivity contribution in [3.63, 3.8) is 0 Å². The van der Waals surface area contributed by atoms with Crippen LogP contribution in [0.4, 0.5) is 11.4 Å². The molecule has 0 aliphatic carbocycles. The normalized spacial score (nSPS) is 11.1. The number of nitrogens with one attached hydrogen (secondary N) is 1. The van der Waals surface area contributed by atoms with Crippen molar-refractivity contribution in [1.29, 1.82) is 0 Å². The number of carbonyl (C=O) groups is 1. The van der Waals surface area contributed by atoms with E-state index in [1.165, 1.54) is 12.1 Å². The average molecular weight is 302 g/mol. The second-order valence-corrected chi connectivity index (χ2v) is 5.73. The molecule has 1 rings (SSSR count). The van der Waals surface area contributed by atoms with E-state index >= 15 is 0 Å². The van der Waals surface area contributed by atoms with E-state index < -0.39 is 20.9 Å². The fourth-order valence-corrected chi connectivity index (χ4v) is 2.03. The molecule has 0 aromatic heterocycles. The van der Waals surface area contributed by atoms with E-state index in [0.717, 1.165) is 6.07 Å². The van der Waals surface area contributed by atoms with Gasteiger partial charge < -0.3 is 11.1 Å². The molecule has 20 heavy (non-hydrogen) atoms. The number of nitrogens with two attached hydrogens (primary N) is 2. The lowest BCUT2D eigenvalue weighted by Gasteiger charge is -2.07. The number of anilines is 1. The minimum absolute atomic E-state index is 0.0979. The van der Waals surface area contributed by atoms with Gasteiger partial charge in [-0.3, -0.25) is 14.9 Å². The number of nitro groups is 1. The van der Waals surface area contributed by atoms with Crippen LogP contribution in [0.15, 0.2) is 18.2 Å². The summed E-state index contributed by atoms with van der Waals surface area (Å²) < 4.78 is 21.5. The van der Waals surface area contributed by atoms with Gasteiger partial charge in [0.15, 0.2) is 0 Å². The Bertz CT molecular complexity index is 629. The topological polar surface area (TPSA) is 158 Å². The number of carbonyl (C=O) groups excluding carboxylic acids is 1. The number of nitro benzene ring substituents is 1. The number of rotatable bonds is 7. The molecule has 9 nitrogen and oxygen atoms in total. The van der Waals surface area contributed by atoms with Gasteiger partial charge in [-0.2, -0.15) is 0 Å². The number of hydrogen-bond donors (Lipinski definition) is 3. The van der Waals surface area contributed by atoms with Crippen molar-refractivity contribution in [3.05, 3.63) is 33.9 Å². The van der Waals surface area contributed by atoms with E-state index in [9.17, 15) is 23.3 Å². The number of benzene rings is 1. The molecular formula is C10H14N4O5S. The van der Waals surface area contributed by atoms with Crippen LogP contribution in [0.25, 0.3) is 0 Å². The van der Waals surface area contributed by atoms with Crippen LogP contribution in [0.1, 0.15) is 16.8 Å². The molecule has 0 fully saturated rings. The first-order valence-electron chi connectivity index (χ1n) is 5.53. The second-order valence-electron chi connectivity index (χ2n) is 4.00. The number of nitrogens with zero attached hydrogens (tertiary/aromatic N) is 1. The lowest BCUT2D eigenvalue weighted by molar-refractivity contribution is -0.384. The summed E-state index contributed by atoms with van der Waals surface area (Å²) in [7, 11) is -3.57. The first-order chi connectivity index (χ1) is 9.20. The molecule has 0 heterocycles. The van der Waals surface area contributed by atoms with E-state index in [2.05, 4.69) is 5.32 Å². The van der Waals surface area contributed by atoms with E-state index in [1.54, 1.807) is 0 Å². The zero-order valence-corrected chi connectivity index (χ0v) is 11.2. The van der Waals surface area contributed by atoms with Crippen molar-refractivity contribution < 1.29 is 18.1 Å². The molecule has 0 saturated heterocycles. The number of hydrogen-bond acceptors (Lipinski definition) is 6. The molecule has 0 radical (unpaired) electrons. The van der Waals surface area contributed by atoms with E-state index in [-0.39, 0.29) is 35.7 Å². The smallest absolute Gasteiger partial charge is 0.292 e. The third-order valence-electron chi connectivity index (χ3n) is 2.40. The van der Waals surface area contributed by atoms with E-state index in [4.69, 9.17) is 10.9 Å². The molecule has 1 aromatic rings. The molecular weight excluding hydrogens is 288 g/mol. The Morgan fingerprint density at radius 1 is 1.40 bits per heavy atom. The van der Waals surface area contributed by atoms with Crippen LogP contribution < -0.4 is 16.2 Å². The van der Waals surface area contributed by atoms with Gasteiger partial charge in [-0.1, -0.05) is 0 Å². The molecule has 0 unspecified atom stereocenters. The van der Waals surface area contributed by atoms with Gasteiger partial charge in [0.1, 0.15) is 5.69 Å². The molecule has 5 N–H and O–H groups in total. The third kappa shape index (κ3) is 4.82. The Balaban J connectivity index is 2.83. The number of amides is 1. The van der Waals surface area contributed by atoms with Gasteiger partial charge in [-0.15, -0.1) is 0 Å². The maximum absolute atomic E-state index is 11.0. The van der Waals surface area contributed by atoms with Crippen molar-refractivity contribution >= 4 is 27.3 Å². The third-order valence-corrected chi connectivity index (χ3v) is 3.26. The Kier molecular flexibility index (Phi) is 5.00. The highest BCUT2D eigenvalue weighted by Gasteiger charge is 2.15. The molecule has 0 atom stereocenters. The Morgan fingerprint density at radius 2 is 2.05 bits per heavy atom. The lowest BCUT2D eigenvalue weighted by Crippen LogP contribution is -2.19. The Hall–Kier alpha value is -2.20. The van der Waals surface area contributed by atoms with E-state index in [1.807, 2.05) is 0 Å². The van der Waals surface area contributed by atoms with Crippen LogP contribution >= 0.6 is 0 Å². The van der Waals surface area contributed by atoms with Crippen LogP contribution in [0.3, 0.4) is 0 Å². The molecule has 1 aromatic carbocycles. The number of primary amides is 1. The van der Waals surface area contributed by atoms with Crippen LogP contribution in [-0.2, 0) is 10.0 Å². The van der Waals surface area contributed by atoms with Crippen LogP contribution in [0.5, 0.6) is 0 Å². The second kappa shape index (κ2) is 6.30. The molecule has 0 aliphatic rings. The maximum Gasteiger partial charge on any atom is 0.292 e. The molecule has 0 aliphatic heterocycles. The quantitative estimate of drug-likeness (QED) is 0.359. The summed E-state index contributed by atoms with van der Waals surface area (Å²) >= 11 is 0. The average Bonchev–Trinajstić information content (AvgIpc) is 2.33. The summed E-state index contributed by atoms with van der Waals surface area (Å²) in [5.74, 6) is -0.962. The monoisotopic (exact) mass is 302 g/mol. The first kappa shape index (κ1) is 15.9. The highest BCUT2D eigenvalue weighted by molar-refractivity contribution is 7.89. The van der Waals surface area contributed by atoms with Gasteiger partial charge in [-0.05, 0) is 18.6 Å². The van der Waals surface area contributed by atoms with Crippen molar-refractivity contribution in [3.8, 4) is 0 Å². The zero-order valence-electron chi connectivity index (χ0n) is 10.4. The molecule has 1 amide bonds. The van der Waals surface area contributed by atoms with Gasteiger partial charge >= 0.3 is 0 Å². The van der Waals surface area contributed by atoms with Crippen molar-refractivity contribution in [2.75, 3.05) is 17.6 Å². The first-order valence-corrected chi connectivity index (χ1v) is 7.25. The SMILES string of the molecule is NC(=O)c1ccc([N+](=O)[O-])c(NCCCS(N)(=O)=O)c1. The molecule has 0 bridgehead atoms. The molecule has 0 saturated carbocycles. The van der Waals surface area contributed by atoms with Gasteiger partial charge in [0, 0.05) is 18.2 Å². The Labute approximate surface area is 115 Å². The Morgan fingerprint density at radius 3 is 2.55 bits per heavy atom. The fraction of sp³-hybridized carbons (Fsp3) is 0.300. The maximum atomic E-state index is 11.0. The van der Waals surface area contributed by atoms with Crippen molar-refractivity contribution in [2.24, 2.45) is 10.9 Å². The zero-order chi connectivity index (χ0) is 15.3. The largest absolute Gasteiger partial charge is 0.379 e. The van der Waals surface area contributed by atoms with Crippen molar-refractivity contribution in [1.82, 2.24) is 0 Å². The number of sulfonamides is 1. The lowest BCUT2D eigenvalue weighted by atomic mass is 10.1. The summed E-state index contributed by atoms with van der Waals surface area (Å²) in [6.07, 6.45) is 0.177. The standard InChI is InChI=1S/C10H14N4O5S/c11-10(15)7-2-3-9(14(16)17)8(6-7)13-4-1-5-20(12,18)19/h2-3,6,13H,1,4-5H2,(H2,11,15)(H2,12,18,19). The summed E-state index contributed by atoms with van der Waals surface area (Å²) in [5, 5.41) is 18.4. The molecule has 110 valence electrons. The summed E-state index contributed by atoms with van der Waals surface area (Å²) in [6.45, 7) is 0.152. The van der Waals surface area contributed by atoms with Crippen LogP contribution in [-0.4, -0.2) is 31.5 Å². The predicted molar refractivity (Wildman–Crippen MR) is 72.7 cm³/mol. The molecule has 10 heteroatoms. The molecule has 0 spiro atoms. The van der Waals surface area contributed by atoms with E-state index in [0.29, 0.717) is 0 Å². The number of primary sulfonamides is 1. The van der Waals surface area contributed by atoms with Crippen molar-refractivity contribution in [2.45, 2.75) is 6.42 Å². The summed E-state index contributed by atoms with van der Waals surface area (Å²) in [4.78, 5) is 21.2. The predicted octanol–water partition coefficient (Wildman–Crippen LogP) is -0.216. The summed E-state index contributed by atoms with van der Waals surface area (Å²) in [6, 6.07) is 3.65. The van der Waals surface area contributed by atoms with Gasteiger partial charge in [-0.25, -0.2) is 13.6 Å². The van der Waals surface area contributed by atoms with Crippen LogP contribution in [0.2, 0.25) is 0 Å². The fourth-order valence-electron chi connectivity index (χ4n) is 1.49. The van der Waals surface area contributed by atoms with Gasteiger partial charge in [0.2, 0.25) is 15.9 Å². The summed E-state index contributed by atoms with van der Waals surface area (Å²) in [5.41, 5.74) is 5.07. The minimum Gasteiger partial charge on any atom is -0.379 e. The van der Waals surface area contributed by atoms with Gasteiger partial charge in [0.05, 0.1) is 10.7 Å².